The van der Waals surface area contributed by atoms with Crippen molar-refractivity contribution in [2.45, 2.75) is 71.7 Å². The van der Waals surface area contributed by atoms with Gasteiger partial charge in [0.25, 0.3) is 0 Å². The number of nitrogens with zero attached hydrogens (tertiary/aromatic N) is 1. The van der Waals surface area contributed by atoms with E-state index in [-0.39, 0.29) is 18.3 Å². The predicted octanol–water partition coefficient (Wildman–Crippen LogP) is 2.78. The molecule has 3 atom stereocenters. The molecule has 190 valence electrons. The topological polar surface area (TPSA) is 114 Å². The van der Waals surface area contributed by atoms with E-state index in [1.54, 1.807) is 32.9 Å². The highest BCUT2D eigenvalue weighted by Crippen LogP contribution is 2.26. The molecule has 0 saturated heterocycles. The number of hydrogen-bond acceptors (Lipinski definition) is 7. The minimum atomic E-state index is -1.05. The zero-order chi connectivity index (χ0) is 26.1. The molecule has 1 rings (SSSR count). The van der Waals surface area contributed by atoms with E-state index < -0.39 is 41.6 Å². The van der Waals surface area contributed by atoms with Crippen molar-refractivity contribution in [3.05, 3.63) is 35.4 Å². The van der Waals surface area contributed by atoms with Crippen LogP contribution in [-0.2, 0) is 23.9 Å². The van der Waals surface area contributed by atoms with E-state index in [1.165, 1.54) is 12.0 Å². The minimum Gasteiger partial charge on any atom is -0.468 e. The van der Waals surface area contributed by atoms with Gasteiger partial charge in [-0.05, 0) is 46.6 Å². The maximum absolute atomic E-state index is 13.7. The van der Waals surface area contributed by atoms with Crippen LogP contribution in [0.2, 0.25) is 0 Å². The van der Waals surface area contributed by atoms with Gasteiger partial charge in [0.15, 0.2) is 0 Å². The van der Waals surface area contributed by atoms with Crippen LogP contribution in [0.15, 0.2) is 24.3 Å². The number of amides is 3. The molecule has 2 N–H and O–H groups in total. The quantitative estimate of drug-likeness (QED) is 0.340. The SMILES string of the molecule is CCC(C)N(C(=O)C(CS)NC(=O)OC(C)(C)C)C(C(=O)NCC(=O)OC)c1ccc(C)cc1. The van der Waals surface area contributed by atoms with Gasteiger partial charge in [0.1, 0.15) is 24.2 Å². The summed E-state index contributed by atoms with van der Waals surface area (Å²) in [5.74, 6) is -1.65. The van der Waals surface area contributed by atoms with Crippen molar-refractivity contribution in [2.24, 2.45) is 0 Å². The average Bonchev–Trinajstić information content (AvgIpc) is 2.77. The van der Waals surface area contributed by atoms with Crippen LogP contribution in [0.1, 0.15) is 58.2 Å². The van der Waals surface area contributed by atoms with Crippen LogP contribution in [-0.4, -0.2) is 65.9 Å². The van der Waals surface area contributed by atoms with Crippen LogP contribution >= 0.6 is 12.6 Å². The second kappa shape index (κ2) is 13.2. The summed E-state index contributed by atoms with van der Waals surface area (Å²) in [6.07, 6.45) is -0.213. The molecule has 0 fully saturated rings. The number of alkyl carbamates (subject to hydrolysis) is 1. The van der Waals surface area contributed by atoms with Crippen LogP contribution in [0.25, 0.3) is 0 Å². The summed E-state index contributed by atoms with van der Waals surface area (Å²) in [4.78, 5) is 52.4. The van der Waals surface area contributed by atoms with Gasteiger partial charge in [0, 0.05) is 11.8 Å². The molecule has 0 radical (unpaired) electrons. The van der Waals surface area contributed by atoms with Crippen molar-refractivity contribution in [3.8, 4) is 0 Å². The molecule has 34 heavy (non-hydrogen) atoms. The number of hydrogen-bond donors (Lipinski definition) is 3. The van der Waals surface area contributed by atoms with E-state index in [0.717, 1.165) is 5.56 Å². The van der Waals surface area contributed by atoms with Crippen molar-refractivity contribution in [1.82, 2.24) is 15.5 Å². The van der Waals surface area contributed by atoms with Crippen LogP contribution in [0.4, 0.5) is 4.79 Å². The second-order valence-corrected chi connectivity index (χ2v) is 9.36. The van der Waals surface area contributed by atoms with E-state index >= 15 is 0 Å². The smallest absolute Gasteiger partial charge is 0.408 e. The molecule has 1 aromatic carbocycles. The first-order valence-electron chi connectivity index (χ1n) is 11.2. The minimum absolute atomic E-state index is 0.00456. The number of ether oxygens (including phenoxy) is 2. The second-order valence-electron chi connectivity index (χ2n) is 8.99. The lowest BCUT2D eigenvalue weighted by Gasteiger charge is -2.38. The van der Waals surface area contributed by atoms with Gasteiger partial charge < -0.3 is 25.0 Å². The molecule has 0 aromatic heterocycles. The van der Waals surface area contributed by atoms with Crippen molar-refractivity contribution in [3.63, 3.8) is 0 Å². The molecule has 3 amide bonds. The number of esters is 1. The molecule has 9 nitrogen and oxygen atoms in total. The third-order valence-corrected chi connectivity index (χ3v) is 5.41. The van der Waals surface area contributed by atoms with E-state index in [9.17, 15) is 19.2 Å². The molecule has 0 aliphatic heterocycles. The first kappa shape index (κ1) is 29.3. The van der Waals surface area contributed by atoms with Gasteiger partial charge in [0.05, 0.1) is 7.11 Å². The van der Waals surface area contributed by atoms with Gasteiger partial charge in [-0.25, -0.2) is 4.79 Å². The maximum atomic E-state index is 13.7. The fourth-order valence-corrected chi connectivity index (χ4v) is 3.37. The van der Waals surface area contributed by atoms with Crippen molar-refractivity contribution in [2.75, 3.05) is 19.4 Å². The number of carbonyl (C=O) groups is 4. The molecule has 3 unspecified atom stereocenters. The Morgan fingerprint density at radius 2 is 1.71 bits per heavy atom. The molecular weight excluding hydrogens is 458 g/mol. The first-order valence-corrected chi connectivity index (χ1v) is 11.8. The predicted molar refractivity (Wildman–Crippen MR) is 133 cm³/mol. The lowest BCUT2D eigenvalue weighted by Crippen LogP contribution is -2.56. The Hall–Kier alpha value is -2.75. The third-order valence-electron chi connectivity index (χ3n) is 5.05. The molecule has 0 saturated carbocycles. The molecule has 0 aliphatic carbocycles. The normalized spacial score (nSPS) is 13.8. The van der Waals surface area contributed by atoms with Crippen molar-refractivity contribution in [1.29, 1.82) is 0 Å². The Morgan fingerprint density at radius 1 is 1.12 bits per heavy atom. The third kappa shape index (κ3) is 8.89. The number of aryl methyl sites for hydroxylation is 1. The van der Waals surface area contributed by atoms with Gasteiger partial charge in [-0.2, -0.15) is 12.6 Å². The Balaban J connectivity index is 3.39. The number of thiol groups is 1. The van der Waals surface area contributed by atoms with Crippen LogP contribution < -0.4 is 10.6 Å². The first-order chi connectivity index (χ1) is 15.8. The Kier molecular flexibility index (Phi) is 11.4. The van der Waals surface area contributed by atoms with E-state index in [2.05, 4.69) is 28.0 Å². The van der Waals surface area contributed by atoms with Gasteiger partial charge in [-0.1, -0.05) is 36.8 Å². The van der Waals surface area contributed by atoms with Gasteiger partial charge in [-0.15, -0.1) is 0 Å². The summed E-state index contributed by atoms with van der Waals surface area (Å²) in [6, 6.07) is 4.75. The largest absolute Gasteiger partial charge is 0.468 e. The Bertz CT molecular complexity index is 853. The number of carbonyl (C=O) groups excluding carboxylic acids is 4. The monoisotopic (exact) mass is 495 g/mol. The summed E-state index contributed by atoms with van der Waals surface area (Å²) >= 11 is 4.26. The molecular formula is C24H37N3O6S. The number of methoxy groups -OCH3 is 1. The number of benzene rings is 1. The van der Waals surface area contributed by atoms with E-state index in [4.69, 9.17) is 4.74 Å². The summed E-state index contributed by atoms with van der Waals surface area (Å²) in [5.41, 5.74) is 0.804. The molecule has 1 aromatic rings. The van der Waals surface area contributed by atoms with Crippen LogP contribution in [0, 0.1) is 6.92 Å². The zero-order valence-electron chi connectivity index (χ0n) is 21.0. The zero-order valence-corrected chi connectivity index (χ0v) is 21.9. The molecule has 0 heterocycles. The lowest BCUT2D eigenvalue weighted by atomic mass is 9.99. The number of rotatable bonds is 10. The van der Waals surface area contributed by atoms with Crippen molar-refractivity contribution < 1.29 is 28.7 Å². The summed E-state index contributed by atoms with van der Waals surface area (Å²) in [7, 11) is 1.22. The van der Waals surface area contributed by atoms with Crippen molar-refractivity contribution >= 4 is 36.5 Å². The molecule has 0 spiro atoms. The fourth-order valence-electron chi connectivity index (χ4n) is 3.13. The van der Waals surface area contributed by atoms with Crippen LogP contribution in [0.5, 0.6) is 0 Å². The molecule has 0 aliphatic rings. The van der Waals surface area contributed by atoms with Crippen LogP contribution in [0.3, 0.4) is 0 Å². The standard InChI is InChI=1S/C24H37N3O6S/c1-8-16(3)27(22(30)18(14-34)26-23(31)33-24(4,5)6)20(17-11-9-15(2)10-12-17)21(29)25-13-19(28)32-7/h9-12,16,18,20,34H,8,13-14H2,1-7H3,(H,25,29)(H,26,31). The Labute approximate surface area is 207 Å². The molecule has 10 heteroatoms. The highest BCUT2D eigenvalue weighted by molar-refractivity contribution is 7.80. The van der Waals surface area contributed by atoms with Gasteiger partial charge in [0.2, 0.25) is 11.8 Å². The highest BCUT2D eigenvalue weighted by Gasteiger charge is 2.38. The summed E-state index contributed by atoms with van der Waals surface area (Å²) in [6.45, 7) is 10.4. The van der Waals surface area contributed by atoms with E-state index in [0.29, 0.717) is 12.0 Å². The van der Waals surface area contributed by atoms with Gasteiger partial charge in [-0.3, -0.25) is 14.4 Å². The Morgan fingerprint density at radius 3 is 2.18 bits per heavy atom. The van der Waals surface area contributed by atoms with E-state index in [1.807, 2.05) is 32.9 Å². The number of nitrogens with one attached hydrogen (secondary N) is 2. The maximum Gasteiger partial charge on any atom is 0.408 e. The highest BCUT2D eigenvalue weighted by atomic mass is 32.1. The summed E-state index contributed by atoms with van der Waals surface area (Å²) in [5, 5.41) is 5.11. The summed E-state index contributed by atoms with van der Waals surface area (Å²) < 4.78 is 9.90. The molecule has 0 bridgehead atoms. The average molecular weight is 496 g/mol. The van der Waals surface area contributed by atoms with Gasteiger partial charge >= 0.3 is 12.1 Å². The fraction of sp³-hybridized carbons (Fsp3) is 0.583. The lowest BCUT2D eigenvalue weighted by molar-refractivity contribution is -0.146.